The number of halogens is 2. The van der Waals surface area contributed by atoms with Crippen LogP contribution in [0.3, 0.4) is 0 Å². The molecular weight excluding hydrogens is 300 g/mol. The molecule has 0 bridgehead atoms. The summed E-state index contributed by atoms with van der Waals surface area (Å²) in [4.78, 5) is 0. The first-order valence-corrected chi connectivity index (χ1v) is 6.98. The standard InChI is InChI=1S/C13H14BrClN2/c14-11-6-5-9(7-12(11)15)13(8-16)17-10-3-1-2-4-10/h5-7,10,13,17H,1-4H2. The summed E-state index contributed by atoms with van der Waals surface area (Å²) in [6.07, 6.45) is 4.86. The van der Waals surface area contributed by atoms with E-state index in [1.165, 1.54) is 25.7 Å². The highest BCUT2D eigenvalue weighted by Crippen LogP contribution is 2.27. The minimum atomic E-state index is -0.260. The number of nitrogens with one attached hydrogen (secondary N) is 1. The second-order valence-electron chi connectivity index (χ2n) is 4.38. The third-order valence-corrected chi connectivity index (χ3v) is 4.40. The summed E-state index contributed by atoms with van der Waals surface area (Å²) >= 11 is 9.40. The van der Waals surface area contributed by atoms with Crippen LogP contribution in [-0.4, -0.2) is 6.04 Å². The van der Waals surface area contributed by atoms with Gasteiger partial charge in [0.1, 0.15) is 6.04 Å². The second-order valence-corrected chi connectivity index (χ2v) is 5.65. The van der Waals surface area contributed by atoms with Gasteiger partial charge in [-0.25, -0.2) is 0 Å². The van der Waals surface area contributed by atoms with Crippen molar-refractivity contribution < 1.29 is 0 Å². The lowest BCUT2D eigenvalue weighted by molar-refractivity contribution is 0.492. The number of nitriles is 1. The topological polar surface area (TPSA) is 35.8 Å². The minimum absolute atomic E-state index is 0.260. The molecule has 0 spiro atoms. The number of hydrogen-bond acceptors (Lipinski definition) is 2. The van der Waals surface area contributed by atoms with Crippen molar-refractivity contribution in [2.24, 2.45) is 0 Å². The molecule has 0 amide bonds. The van der Waals surface area contributed by atoms with Crippen LogP contribution in [0, 0.1) is 11.3 Å². The van der Waals surface area contributed by atoms with E-state index in [0.29, 0.717) is 11.1 Å². The lowest BCUT2D eigenvalue weighted by Gasteiger charge is -2.17. The summed E-state index contributed by atoms with van der Waals surface area (Å²) in [5, 5.41) is 13.3. The molecule has 0 radical (unpaired) electrons. The highest BCUT2D eigenvalue weighted by atomic mass is 79.9. The van der Waals surface area contributed by atoms with Gasteiger partial charge in [-0.2, -0.15) is 5.26 Å². The maximum atomic E-state index is 9.23. The molecule has 1 aromatic rings. The van der Waals surface area contributed by atoms with E-state index < -0.39 is 0 Å². The van der Waals surface area contributed by atoms with Crippen LogP contribution in [0.4, 0.5) is 0 Å². The van der Waals surface area contributed by atoms with E-state index in [2.05, 4.69) is 27.3 Å². The average molecular weight is 314 g/mol. The fraction of sp³-hybridized carbons (Fsp3) is 0.462. The summed E-state index contributed by atoms with van der Waals surface area (Å²) in [5.74, 6) is 0. The Hall–Kier alpha value is -0.560. The molecule has 1 N–H and O–H groups in total. The van der Waals surface area contributed by atoms with E-state index in [9.17, 15) is 5.26 Å². The quantitative estimate of drug-likeness (QED) is 0.908. The molecule has 1 fully saturated rings. The van der Waals surface area contributed by atoms with Crippen LogP contribution < -0.4 is 5.32 Å². The number of hydrogen-bond donors (Lipinski definition) is 1. The Bertz CT molecular complexity index is 436. The molecule has 2 nitrogen and oxygen atoms in total. The monoisotopic (exact) mass is 312 g/mol. The Labute approximate surface area is 115 Å². The van der Waals surface area contributed by atoms with Gasteiger partial charge in [0.25, 0.3) is 0 Å². The van der Waals surface area contributed by atoms with Crippen molar-refractivity contribution in [3.05, 3.63) is 33.3 Å². The molecule has 0 aliphatic heterocycles. The van der Waals surface area contributed by atoms with Gasteiger partial charge in [0, 0.05) is 10.5 Å². The van der Waals surface area contributed by atoms with E-state index >= 15 is 0 Å². The second kappa shape index (κ2) is 5.86. The Kier molecular flexibility index (Phi) is 4.44. The summed E-state index contributed by atoms with van der Waals surface area (Å²) in [5.41, 5.74) is 0.938. The zero-order chi connectivity index (χ0) is 12.3. The Balaban J connectivity index is 2.11. The number of benzene rings is 1. The van der Waals surface area contributed by atoms with Crippen LogP contribution in [0.5, 0.6) is 0 Å². The third kappa shape index (κ3) is 3.22. The van der Waals surface area contributed by atoms with E-state index in [-0.39, 0.29) is 6.04 Å². The summed E-state index contributed by atoms with van der Waals surface area (Å²) in [6, 6.07) is 8.19. The van der Waals surface area contributed by atoms with Crippen molar-refractivity contribution in [2.45, 2.75) is 37.8 Å². The van der Waals surface area contributed by atoms with Crippen LogP contribution in [0.15, 0.2) is 22.7 Å². The van der Waals surface area contributed by atoms with Crippen molar-refractivity contribution in [1.82, 2.24) is 5.32 Å². The third-order valence-electron chi connectivity index (χ3n) is 3.16. The molecule has 90 valence electrons. The lowest BCUT2D eigenvalue weighted by Crippen LogP contribution is -2.29. The van der Waals surface area contributed by atoms with Crippen LogP contribution in [0.2, 0.25) is 5.02 Å². The van der Waals surface area contributed by atoms with Crippen molar-refractivity contribution in [2.75, 3.05) is 0 Å². The van der Waals surface area contributed by atoms with Crippen LogP contribution in [-0.2, 0) is 0 Å². The summed E-state index contributed by atoms with van der Waals surface area (Å²) < 4.78 is 0.862. The van der Waals surface area contributed by atoms with Gasteiger partial charge in [0.05, 0.1) is 11.1 Å². The van der Waals surface area contributed by atoms with E-state index in [4.69, 9.17) is 11.6 Å². The normalized spacial score (nSPS) is 17.9. The summed E-state index contributed by atoms with van der Waals surface area (Å²) in [7, 11) is 0. The van der Waals surface area contributed by atoms with Gasteiger partial charge in [0.15, 0.2) is 0 Å². The van der Waals surface area contributed by atoms with E-state index in [1.54, 1.807) is 0 Å². The molecule has 1 aromatic carbocycles. The fourth-order valence-corrected chi connectivity index (χ4v) is 2.66. The minimum Gasteiger partial charge on any atom is -0.295 e. The molecule has 2 rings (SSSR count). The van der Waals surface area contributed by atoms with Gasteiger partial charge < -0.3 is 0 Å². The molecule has 1 atom stereocenters. The highest BCUT2D eigenvalue weighted by Gasteiger charge is 2.20. The Morgan fingerprint density at radius 1 is 1.41 bits per heavy atom. The molecule has 0 heterocycles. The predicted octanol–water partition coefficient (Wildman–Crippen LogP) is 4.20. The zero-order valence-corrected chi connectivity index (χ0v) is 11.8. The maximum Gasteiger partial charge on any atom is 0.121 e. The Morgan fingerprint density at radius 3 is 2.71 bits per heavy atom. The van der Waals surface area contributed by atoms with Gasteiger partial charge in [-0.05, 0) is 46.5 Å². The maximum absolute atomic E-state index is 9.23. The van der Waals surface area contributed by atoms with Gasteiger partial charge in [-0.1, -0.05) is 30.5 Å². The summed E-state index contributed by atoms with van der Waals surface area (Å²) in [6.45, 7) is 0. The van der Waals surface area contributed by atoms with Crippen LogP contribution in [0.1, 0.15) is 37.3 Å². The first-order valence-electron chi connectivity index (χ1n) is 5.81. The van der Waals surface area contributed by atoms with E-state index in [1.807, 2.05) is 18.2 Å². The van der Waals surface area contributed by atoms with Crippen molar-refractivity contribution in [3.63, 3.8) is 0 Å². The molecule has 1 aliphatic rings. The van der Waals surface area contributed by atoms with Crippen molar-refractivity contribution in [3.8, 4) is 6.07 Å². The van der Waals surface area contributed by atoms with Crippen molar-refractivity contribution >= 4 is 27.5 Å². The van der Waals surface area contributed by atoms with Crippen LogP contribution >= 0.6 is 27.5 Å². The molecule has 1 aliphatic carbocycles. The van der Waals surface area contributed by atoms with E-state index in [0.717, 1.165) is 10.0 Å². The van der Waals surface area contributed by atoms with Gasteiger partial charge in [-0.3, -0.25) is 5.32 Å². The first-order chi connectivity index (χ1) is 8.20. The molecule has 1 unspecified atom stereocenters. The van der Waals surface area contributed by atoms with Crippen molar-refractivity contribution in [1.29, 1.82) is 5.26 Å². The van der Waals surface area contributed by atoms with Gasteiger partial charge in [-0.15, -0.1) is 0 Å². The smallest absolute Gasteiger partial charge is 0.121 e. The first kappa shape index (κ1) is 12.9. The molecular formula is C13H14BrClN2. The zero-order valence-electron chi connectivity index (χ0n) is 9.42. The van der Waals surface area contributed by atoms with Crippen LogP contribution in [0.25, 0.3) is 0 Å². The van der Waals surface area contributed by atoms with Gasteiger partial charge in [0.2, 0.25) is 0 Å². The van der Waals surface area contributed by atoms with Gasteiger partial charge >= 0.3 is 0 Å². The highest BCUT2D eigenvalue weighted by molar-refractivity contribution is 9.10. The molecule has 1 saturated carbocycles. The number of nitrogens with zero attached hydrogens (tertiary/aromatic N) is 1. The molecule has 0 saturated heterocycles. The molecule has 4 heteroatoms. The largest absolute Gasteiger partial charge is 0.295 e. The lowest BCUT2D eigenvalue weighted by atomic mass is 10.1. The molecule has 17 heavy (non-hydrogen) atoms. The SMILES string of the molecule is N#CC(NC1CCCC1)c1ccc(Br)c(Cl)c1. The molecule has 0 aromatic heterocycles. The Morgan fingerprint density at radius 2 is 2.12 bits per heavy atom. The predicted molar refractivity (Wildman–Crippen MR) is 72.9 cm³/mol. The number of rotatable bonds is 3. The average Bonchev–Trinajstić information content (AvgIpc) is 2.82. The fourth-order valence-electron chi connectivity index (χ4n) is 2.23.